The fourth-order valence-corrected chi connectivity index (χ4v) is 1.97. The fraction of sp³-hybridized carbons (Fsp3) is 0.500. The molecular weight excluding hydrogens is 286 g/mol. The van der Waals surface area contributed by atoms with E-state index in [0.717, 1.165) is 0 Å². The Bertz CT molecular complexity index is 515. The lowest BCUT2D eigenvalue weighted by Gasteiger charge is -2.18. The van der Waals surface area contributed by atoms with Gasteiger partial charge in [0, 0.05) is 25.6 Å². The van der Waals surface area contributed by atoms with Crippen LogP contribution < -0.4 is 9.47 Å². The van der Waals surface area contributed by atoms with Crippen molar-refractivity contribution in [3.05, 3.63) is 23.8 Å². The third kappa shape index (κ3) is 5.27. The molecule has 0 bridgehead atoms. The number of carbonyl (C=O) groups excluding carboxylic acids is 1. The Morgan fingerprint density at radius 2 is 1.77 bits per heavy atom. The fourth-order valence-electron chi connectivity index (χ4n) is 1.97. The average Bonchev–Trinajstić information content (AvgIpc) is 2.48. The second-order valence-electron chi connectivity index (χ2n) is 4.75. The Labute approximate surface area is 130 Å². The highest BCUT2D eigenvalue weighted by atomic mass is 16.5. The number of carbonyl (C=O) groups is 2. The predicted octanol–water partition coefficient (Wildman–Crippen LogP) is 2.42. The van der Waals surface area contributed by atoms with Crippen LogP contribution >= 0.6 is 0 Å². The van der Waals surface area contributed by atoms with Crippen LogP contribution in [0.3, 0.4) is 0 Å². The summed E-state index contributed by atoms with van der Waals surface area (Å²) in [4.78, 5) is 24.3. The van der Waals surface area contributed by atoms with Gasteiger partial charge in [0.05, 0.1) is 13.2 Å². The van der Waals surface area contributed by atoms with Gasteiger partial charge >= 0.3 is 5.97 Å². The quantitative estimate of drug-likeness (QED) is 0.758. The highest BCUT2D eigenvalue weighted by molar-refractivity contribution is 5.94. The molecular formula is C16H23NO5. The molecule has 122 valence electrons. The molecule has 0 atom stereocenters. The molecule has 0 radical (unpaired) electrons. The summed E-state index contributed by atoms with van der Waals surface area (Å²) in [7, 11) is 1.65. The van der Waals surface area contributed by atoms with Crippen LogP contribution in [0.15, 0.2) is 18.2 Å². The standard InChI is InChI=1S/C16H23NO5/c1-4-21-13-9-8-12(11-14(13)22-5-2)16(20)17(3)10-6-7-15(18)19/h8-9,11H,4-7,10H2,1-3H3,(H,18,19). The number of aliphatic carboxylic acids is 1. The van der Waals surface area contributed by atoms with Gasteiger partial charge in [0.15, 0.2) is 11.5 Å². The first-order chi connectivity index (χ1) is 10.5. The third-order valence-corrected chi connectivity index (χ3v) is 3.02. The van der Waals surface area contributed by atoms with E-state index < -0.39 is 5.97 Å². The summed E-state index contributed by atoms with van der Waals surface area (Å²) < 4.78 is 11.0. The molecule has 6 nitrogen and oxygen atoms in total. The zero-order chi connectivity index (χ0) is 16.5. The Kier molecular flexibility index (Phi) is 7.22. The lowest BCUT2D eigenvalue weighted by molar-refractivity contribution is -0.137. The smallest absolute Gasteiger partial charge is 0.303 e. The number of hydrogen-bond acceptors (Lipinski definition) is 4. The molecule has 0 unspecified atom stereocenters. The number of amides is 1. The van der Waals surface area contributed by atoms with Crippen LogP contribution in [0.25, 0.3) is 0 Å². The summed E-state index contributed by atoms with van der Waals surface area (Å²) in [6.45, 7) is 5.13. The molecule has 0 aliphatic heterocycles. The molecule has 1 N–H and O–H groups in total. The maximum Gasteiger partial charge on any atom is 0.303 e. The lowest BCUT2D eigenvalue weighted by Crippen LogP contribution is -2.28. The monoisotopic (exact) mass is 309 g/mol. The van der Waals surface area contributed by atoms with Gasteiger partial charge < -0.3 is 19.5 Å². The SMILES string of the molecule is CCOc1ccc(C(=O)N(C)CCCC(=O)O)cc1OCC. The molecule has 0 heterocycles. The van der Waals surface area contributed by atoms with Gasteiger partial charge in [-0.2, -0.15) is 0 Å². The van der Waals surface area contributed by atoms with Crippen LogP contribution in [0.1, 0.15) is 37.0 Å². The van der Waals surface area contributed by atoms with Crippen LogP contribution in [0.2, 0.25) is 0 Å². The zero-order valence-corrected chi connectivity index (χ0v) is 13.3. The normalized spacial score (nSPS) is 10.1. The van der Waals surface area contributed by atoms with Crippen molar-refractivity contribution in [1.82, 2.24) is 4.90 Å². The molecule has 1 aromatic rings. The minimum absolute atomic E-state index is 0.0467. The van der Waals surface area contributed by atoms with Gasteiger partial charge in [-0.1, -0.05) is 0 Å². The van der Waals surface area contributed by atoms with E-state index in [1.165, 1.54) is 4.90 Å². The van der Waals surface area contributed by atoms with Crippen LogP contribution in [0, 0.1) is 0 Å². The Hall–Kier alpha value is -2.24. The van der Waals surface area contributed by atoms with Gasteiger partial charge in [-0.15, -0.1) is 0 Å². The predicted molar refractivity (Wildman–Crippen MR) is 82.6 cm³/mol. The van der Waals surface area contributed by atoms with E-state index in [2.05, 4.69) is 0 Å². The van der Waals surface area contributed by atoms with Crippen molar-refractivity contribution in [2.24, 2.45) is 0 Å². The molecule has 0 spiro atoms. The van der Waals surface area contributed by atoms with E-state index in [1.807, 2.05) is 13.8 Å². The van der Waals surface area contributed by atoms with E-state index in [9.17, 15) is 9.59 Å². The van der Waals surface area contributed by atoms with Crippen molar-refractivity contribution in [2.75, 3.05) is 26.8 Å². The number of benzene rings is 1. The Morgan fingerprint density at radius 3 is 2.36 bits per heavy atom. The number of hydrogen-bond donors (Lipinski definition) is 1. The van der Waals surface area contributed by atoms with Gasteiger partial charge in [-0.25, -0.2) is 0 Å². The molecule has 0 aliphatic carbocycles. The topological polar surface area (TPSA) is 76.1 Å². The highest BCUT2D eigenvalue weighted by Crippen LogP contribution is 2.29. The minimum Gasteiger partial charge on any atom is -0.490 e. The summed E-state index contributed by atoms with van der Waals surface area (Å²) in [6.07, 6.45) is 0.470. The molecule has 6 heteroatoms. The van der Waals surface area contributed by atoms with E-state index >= 15 is 0 Å². The minimum atomic E-state index is -0.861. The Morgan fingerprint density at radius 1 is 1.14 bits per heavy atom. The van der Waals surface area contributed by atoms with Crippen molar-refractivity contribution in [1.29, 1.82) is 0 Å². The van der Waals surface area contributed by atoms with Gasteiger partial charge in [-0.3, -0.25) is 9.59 Å². The first kappa shape index (κ1) is 17.8. The number of carboxylic acid groups (broad SMARTS) is 1. The molecule has 0 saturated carbocycles. The summed E-state index contributed by atoms with van der Waals surface area (Å²) in [5.74, 6) is 0.110. The summed E-state index contributed by atoms with van der Waals surface area (Å²) in [6, 6.07) is 5.06. The van der Waals surface area contributed by atoms with Gasteiger partial charge in [0.2, 0.25) is 0 Å². The lowest BCUT2D eigenvalue weighted by atomic mass is 10.1. The van der Waals surface area contributed by atoms with Gasteiger partial charge in [-0.05, 0) is 38.5 Å². The zero-order valence-electron chi connectivity index (χ0n) is 13.3. The second-order valence-corrected chi connectivity index (χ2v) is 4.75. The summed E-state index contributed by atoms with van der Waals surface area (Å²) >= 11 is 0. The first-order valence-corrected chi connectivity index (χ1v) is 7.36. The number of nitrogens with zero attached hydrogens (tertiary/aromatic N) is 1. The van der Waals surface area contributed by atoms with E-state index in [0.29, 0.717) is 43.2 Å². The molecule has 0 saturated heterocycles. The maximum atomic E-state index is 12.3. The molecule has 0 aromatic heterocycles. The molecule has 1 aromatic carbocycles. The molecule has 1 rings (SSSR count). The molecule has 1 amide bonds. The summed E-state index contributed by atoms with van der Waals surface area (Å²) in [5, 5.41) is 8.62. The highest BCUT2D eigenvalue weighted by Gasteiger charge is 2.15. The Balaban J connectivity index is 2.79. The van der Waals surface area contributed by atoms with Crippen LogP contribution in [0.4, 0.5) is 0 Å². The van der Waals surface area contributed by atoms with Crippen molar-refractivity contribution in [2.45, 2.75) is 26.7 Å². The van der Waals surface area contributed by atoms with Crippen LogP contribution in [-0.4, -0.2) is 48.7 Å². The molecule has 0 aliphatic rings. The van der Waals surface area contributed by atoms with Crippen LogP contribution in [-0.2, 0) is 4.79 Å². The maximum absolute atomic E-state index is 12.3. The second kappa shape index (κ2) is 8.92. The van der Waals surface area contributed by atoms with E-state index in [1.54, 1.807) is 25.2 Å². The molecule has 0 fully saturated rings. The van der Waals surface area contributed by atoms with Gasteiger partial charge in [0.25, 0.3) is 5.91 Å². The van der Waals surface area contributed by atoms with Crippen molar-refractivity contribution in [3.8, 4) is 11.5 Å². The number of carboxylic acids is 1. The largest absolute Gasteiger partial charge is 0.490 e. The van der Waals surface area contributed by atoms with Crippen molar-refractivity contribution >= 4 is 11.9 Å². The van der Waals surface area contributed by atoms with Crippen LogP contribution in [0.5, 0.6) is 11.5 Å². The third-order valence-electron chi connectivity index (χ3n) is 3.02. The van der Waals surface area contributed by atoms with E-state index in [-0.39, 0.29) is 12.3 Å². The number of ether oxygens (including phenoxy) is 2. The van der Waals surface area contributed by atoms with Gasteiger partial charge in [0.1, 0.15) is 0 Å². The van der Waals surface area contributed by atoms with E-state index in [4.69, 9.17) is 14.6 Å². The molecule has 22 heavy (non-hydrogen) atoms. The van der Waals surface area contributed by atoms with Crippen molar-refractivity contribution < 1.29 is 24.2 Å². The summed E-state index contributed by atoms with van der Waals surface area (Å²) in [5.41, 5.74) is 0.490. The average molecular weight is 309 g/mol. The first-order valence-electron chi connectivity index (χ1n) is 7.36. The van der Waals surface area contributed by atoms with Crippen molar-refractivity contribution in [3.63, 3.8) is 0 Å². The number of rotatable bonds is 9.